The van der Waals surface area contributed by atoms with Crippen LogP contribution in [0.1, 0.15) is 47.0 Å². The third-order valence-corrected chi connectivity index (χ3v) is 20.5. The lowest BCUT2D eigenvalue weighted by molar-refractivity contribution is -0.138. The van der Waals surface area contributed by atoms with Crippen molar-refractivity contribution in [3.8, 4) is 0 Å². The molecule has 2 fully saturated rings. The van der Waals surface area contributed by atoms with Crippen molar-refractivity contribution in [1.82, 2.24) is 9.13 Å². The highest BCUT2D eigenvalue weighted by Gasteiger charge is 2.53. The summed E-state index contributed by atoms with van der Waals surface area (Å²) in [6, 6.07) is 8.41. The number of imide groups is 1. The summed E-state index contributed by atoms with van der Waals surface area (Å²) in [6.07, 6.45) is 1.82. The molecule has 0 atom stereocenters. The van der Waals surface area contributed by atoms with Crippen LogP contribution in [-0.2, 0) is 9.59 Å². The van der Waals surface area contributed by atoms with Gasteiger partial charge < -0.3 is 4.23 Å². The van der Waals surface area contributed by atoms with Gasteiger partial charge in [-0.25, -0.2) is 0 Å². The van der Waals surface area contributed by atoms with Crippen molar-refractivity contribution >= 4 is 28.3 Å². The lowest BCUT2D eigenvalue weighted by atomic mass is 10.4. The van der Waals surface area contributed by atoms with Crippen LogP contribution in [0.15, 0.2) is 0 Å². The first-order chi connectivity index (χ1) is 11.0. The molecular formula is C17H34N2O2Si2. The second kappa shape index (κ2) is 7.61. The average molecular weight is 355 g/mol. The Hall–Kier alpha value is -0.466. The Morgan fingerprint density at radius 3 is 1.61 bits per heavy atom. The molecule has 0 spiro atoms. The van der Waals surface area contributed by atoms with Gasteiger partial charge in [0.2, 0.25) is 11.8 Å². The van der Waals surface area contributed by atoms with Crippen LogP contribution in [0.5, 0.6) is 0 Å². The summed E-state index contributed by atoms with van der Waals surface area (Å²) < 4.78 is 3.03. The van der Waals surface area contributed by atoms with Gasteiger partial charge in [-0.2, -0.15) is 0 Å². The highest BCUT2D eigenvalue weighted by Crippen LogP contribution is 2.45. The molecule has 0 aromatic carbocycles. The van der Waals surface area contributed by atoms with Crippen LogP contribution in [0.3, 0.4) is 0 Å². The molecule has 0 aromatic heterocycles. The number of amides is 2. The van der Waals surface area contributed by atoms with E-state index in [-0.39, 0.29) is 11.8 Å². The van der Waals surface area contributed by atoms with Crippen molar-refractivity contribution in [2.45, 2.75) is 83.2 Å². The molecule has 2 aliphatic rings. The molecule has 132 valence electrons. The maximum Gasteiger partial charge on any atom is 0.229 e. The van der Waals surface area contributed by atoms with Gasteiger partial charge in [-0.15, -0.1) is 0 Å². The van der Waals surface area contributed by atoms with Gasteiger partial charge >= 0.3 is 0 Å². The number of rotatable bonds is 8. The summed E-state index contributed by atoms with van der Waals surface area (Å²) in [7, 11) is -2.58. The maximum absolute atomic E-state index is 11.8. The Morgan fingerprint density at radius 2 is 1.22 bits per heavy atom. The number of hydrogen-bond acceptors (Lipinski definition) is 3. The van der Waals surface area contributed by atoms with Gasteiger partial charge in [0.25, 0.3) is 0 Å². The molecule has 2 amide bonds. The minimum Gasteiger partial charge on any atom is -0.345 e. The van der Waals surface area contributed by atoms with Crippen LogP contribution in [-0.4, -0.2) is 50.5 Å². The van der Waals surface area contributed by atoms with Gasteiger partial charge in [0.15, 0.2) is 0 Å². The first-order valence-corrected chi connectivity index (χ1v) is 14.7. The van der Waals surface area contributed by atoms with E-state index in [4.69, 9.17) is 0 Å². The number of nitrogens with zero attached hydrogens (tertiary/aromatic N) is 2. The van der Waals surface area contributed by atoms with Gasteiger partial charge in [0.1, 0.15) is 16.5 Å². The number of carbonyl (C=O) groups excluding carboxylic acids is 2. The van der Waals surface area contributed by atoms with Gasteiger partial charge in [-0.3, -0.25) is 14.5 Å². The lowest BCUT2D eigenvalue weighted by Crippen LogP contribution is -2.60. The normalized spacial score (nSPS) is 23.9. The Morgan fingerprint density at radius 1 is 0.783 bits per heavy atom. The Labute approximate surface area is 143 Å². The predicted molar refractivity (Wildman–Crippen MR) is 100 cm³/mol. The quantitative estimate of drug-likeness (QED) is 0.491. The van der Waals surface area contributed by atoms with Gasteiger partial charge in [-0.1, -0.05) is 27.7 Å². The molecule has 2 rings (SSSR count). The molecule has 0 radical (unpaired) electrons. The first-order valence-electron chi connectivity index (χ1n) is 9.59. The number of likely N-dealkylation sites (tertiary alicyclic amines) is 1. The topological polar surface area (TPSA) is 40.6 Å². The van der Waals surface area contributed by atoms with Crippen LogP contribution in [0.4, 0.5) is 0 Å². The van der Waals surface area contributed by atoms with Gasteiger partial charge in [0, 0.05) is 19.4 Å². The molecule has 0 aliphatic carbocycles. The average Bonchev–Trinajstić information content (AvgIpc) is 3.07. The summed E-state index contributed by atoms with van der Waals surface area (Å²) >= 11 is 0. The smallest absolute Gasteiger partial charge is 0.229 e. The van der Waals surface area contributed by atoms with E-state index < -0.39 is 16.5 Å². The van der Waals surface area contributed by atoms with E-state index in [1.807, 2.05) is 0 Å². The van der Waals surface area contributed by atoms with Crippen molar-refractivity contribution in [2.75, 3.05) is 13.1 Å². The van der Waals surface area contributed by atoms with Crippen molar-refractivity contribution in [3.63, 3.8) is 0 Å². The summed E-state index contributed by atoms with van der Waals surface area (Å²) in [6.45, 7) is 11.3. The molecule has 0 N–H and O–H groups in total. The van der Waals surface area contributed by atoms with Crippen molar-refractivity contribution in [2.24, 2.45) is 0 Å². The molecule has 0 bridgehead atoms. The van der Waals surface area contributed by atoms with E-state index in [1.54, 1.807) is 0 Å². The van der Waals surface area contributed by atoms with Crippen molar-refractivity contribution < 1.29 is 9.59 Å². The van der Waals surface area contributed by atoms with Gasteiger partial charge in [0.05, 0.1) is 0 Å². The zero-order chi connectivity index (χ0) is 17.1. The molecule has 6 heteroatoms. The van der Waals surface area contributed by atoms with E-state index in [9.17, 15) is 9.59 Å². The van der Waals surface area contributed by atoms with Crippen LogP contribution in [0.25, 0.3) is 0 Å². The Balaban J connectivity index is 2.06. The molecule has 0 unspecified atom stereocenters. The zero-order valence-electron chi connectivity index (χ0n) is 15.5. The molecule has 4 nitrogen and oxygen atoms in total. The summed E-state index contributed by atoms with van der Waals surface area (Å²) in [4.78, 5) is 25.1. The third kappa shape index (κ3) is 3.35. The SMILES string of the molecule is CC[Si]1(CC)CC[Si](CC)(CC)N1CCCN1C(=O)CCC1=O. The van der Waals surface area contributed by atoms with Crippen LogP contribution in [0, 0.1) is 0 Å². The fourth-order valence-corrected chi connectivity index (χ4v) is 21.0. The second-order valence-electron chi connectivity index (χ2n) is 7.31. The van der Waals surface area contributed by atoms with E-state index in [1.165, 1.54) is 41.2 Å². The number of hydrogen-bond donors (Lipinski definition) is 0. The van der Waals surface area contributed by atoms with E-state index in [0.717, 1.165) is 13.0 Å². The maximum atomic E-state index is 11.8. The molecule has 2 heterocycles. The molecule has 0 aromatic rings. The molecular weight excluding hydrogens is 320 g/mol. The number of carbonyl (C=O) groups is 2. The summed E-state index contributed by atoms with van der Waals surface area (Å²) in [5.41, 5.74) is 0. The fraction of sp³-hybridized carbons (Fsp3) is 0.882. The zero-order valence-corrected chi connectivity index (χ0v) is 17.5. The summed E-state index contributed by atoms with van der Waals surface area (Å²) in [5, 5.41) is 0. The van der Waals surface area contributed by atoms with Crippen molar-refractivity contribution in [3.05, 3.63) is 0 Å². The predicted octanol–water partition coefficient (Wildman–Crippen LogP) is 3.81. The van der Waals surface area contributed by atoms with Crippen LogP contribution < -0.4 is 0 Å². The lowest BCUT2D eigenvalue weighted by Gasteiger charge is -2.45. The summed E-state index contributed by atoms with van der Waals surface area (Å²) in [5.74, 6) is 0.0841. The highest BCUT2D eigenvalue weighted by atomic mass is 28.4. The van der Waals surface area contributed by atoms with E-state index in [0.29, 0.717) is 19.4 Å². The standard InChI is InChI=1S/C17H34N2O2Si2/c1-5-22(6-2)14-15-23(7-3,8-4)19(22)13-9-12-18-16(20)10-11-17(18)21/h5-15H2,1-4H3. The molecule has 2 aliphatic heterocycles. The van der Waals surface area contributed by atoms with E-state index >= 15 is 0 Å². The highest BCUT2D eigenvalue weighted by molar-refractivity contribution is 6.97. The first kappa shape index (κ1) is 18.9. The Bertz CT molecular complexity index is 412. The van der Waals surface area contributed by atoms with Crippen molar-refractivity contribution in [1.29, 1.82) is 0 Å². The largest absolute Gasteiger partial charge is 0.345 e. The molecule has 0 saturated carbocycles. The molecule has 23 heavy (non-hydrogen) atoms. The van der Waals surface area contributed by atoms with E-state index in [2.05, 4.69) is 31.9 Å². The Kier molecular flexibility index (Phi) is 6.24. The third-order valence-electron chi connectivity index (χ3n) is 6.75. The fourth-order valence-electron chi connectivity index (χ4n) is 4.94. The van der Waals surface area contributed by atoms with Crippen LogP contribution >= 0.6 is 0 Å². The minimum absolute atomic E-state index is 0.0420. The molecule has 2 saturated heterocycles. The minimum atomic E-state index is -1.29. The second-order valence-corrected chi connectivity index (χ2v) is 17.6. The van der Waals surface area contributed by atoms with Crippen LogP contribution in [0.2, 0.25) is 36.3 Å². The van der Waals surface area contributed by atoms with Gasteiger partial charge in [-0.05, 0) is 49.2 Å². The monoisotopic (exact) mass is 354 g/mol.